The highest BCUT2D eigenvalue weighted by Crippen LogP contribution is 2.24. The Balaban J connectivity index is 1.89. The SMILES string of the molecule is Cc1nnc(NC(=O)COc2ccc(F)cc2Cl)[nH]1. The molecule has 100 valence electrons. The molecular weight excluding hydrogens is 275 g/mol. The van der Waals surface area contributed by atoms with Crippen LogP contribution in [-0.2, 0) is 4.79 Å². The van der Waals surface area contributed by atoms with E-state index in [1.165, 1.54) is 12.1 Å². The number of amides is 1. The first kappa shape index (κ1) is 13.3. The molecule has 2 N–H and O–H groups in total. The van der Waals surface area contributed by atoms with Crippen molar-refractivity contribution in [2.45, 2.75) is 6.92 Å². The Bertz CT molecular complexity index is 602. The second-order valence-electron chi connectivity index (χ2n) is 3.67. The van der Waals surface area contributed by atoms with Crippen LogP contribution in [-0.4, -0.2) is 27.7 Å². The van der Waals surface area contributed by atoms with E-state index < -0.39 is 11.7 Å². The van der Waals surface area contributed by atoms with E-state index in [0.717, 1.165) is 6.07 Å². The van der Waals surface area contributed by atoms with Crippen LogP contribution in [0.4, 0.5) is 10.3 Å². The van der Waals surface area contributed by atoms with Gasteiger partial charge < -0.3 is 9.72 Å². The van der Waals surface area contributed by atoms with Gasteiger partial charge in [0.1, 0.15) is 17.4 Å². The van der Waals surface area contributed by atoms with Crippen molar-refractivity contribution < 1.29 is 13.9 Å². The second kappa shape index (κ2) is 5.66. The Labute approximate surface area is 112 Å². The molecule has 0 aliphatic rings. The van der Waals surface area contributed by atoms with Gasteiger partial charge in [-0.2, -0.15) is 0 Å². The lowest BCUT2D eigenvalue weighted by molar-refractivity contribution is -0.118. The van der Waals surface area contributed by atoms with E-state index in [9.17, 15) is 9.18 Å². The number of carbonyl (C=O) groups excluding carboxylic acids is 1. The van der Waals surface area contributed by atoms with Gasteiger partial charge in [0.05, 0.1) is 5.02 Å². The monoisotopic (exact) mass is 284 g/mol. The number of benzene rings is 1. The summed E-state index contributed by atoms with van der Waals surface area (Å²) < 4.78 is 18.0. The number of hydrogen-bond acceptors (Lipinski definition) is 4. The number of anilines is 1. The molecule has 0 saturated carbocycles. The molecule has 6 nitrogen and oxygen atoms in total. The van der Waals surface area contributed by atoms with E-state index in [1.54, 1.807) is 6.92 Å². The molecule has 0 fully saturated rings. The van der Waals surface area contributed by atoms with Crippen molar-refractivity contribution in [1.82, 2.24) is 15.2 Å². The third-order valence-corrected chi connectivity index (χ3v) is 2.41. The third-order valence-electron chi connectivity index (χ3n) is 2.11. The zero-order valence-electron chi connectivity index (χ0n) is 9.91. The standard InChI is InChI=1S/C11H10ClFN4O2/c1-6-14-11(17-16-6)15-10(18)5-19-9-3-2-7(13)4-8(9)12/h2-4H,5H2,1H3,(H2,14,15,16,17,18). The number of aryl methyl sites for hydroxylation is 1. The minimum absolute atomic E-state index is 0.100. The Morgan fingerprint density at radius 3 is 2.95 bits per heavy atom. The number of nitrogens with zero attached hydrogens (tertiary/aromatic N) is 2. The highest BCUT2D eigenvalue weighted by Gasteiger charge is 2.08. The molecule has 0 bridgehead atoms. The molecule has 0 aliphatic carbocycles. The van der Waals surface area contributed by atoms with Crippen LogP contribution >= 0.6 is 11.6 Å². The van der Waals surface area contributed by atoms with Crippen molar-refractivity contribution in [1.29, 1.82) is 0 Å². The van der Waals surface area contributed by atoms with Crippen molar-refractivity contribution in [2.75, 3.05) is 11.9 Å². The zero-order chi connectivity index (χ0) is 13.8. The van der Waals surface area contributed by atoms with Gasteiger partial charge in [-0.15, -0.1) is 10.2 Å². The summed E-state index contributed by atoms with van der Waals surface area (Å²) >= 11 is 5.75. The van der Waals surface area contributed by atoms with Crippen LogP contribution in [0.5, 0.6) is 5.75 Å². The average Bonchev–Trinajstić information content (AvgIpc) is 2.73. The summed E-state index contributed by atoms with van der Waals surface area (Å²) in [6, 6.07) is 3.65. The first-order chi connectivity index (χ1) is 9.04. The van der Waals surface area contributed by atoms with E-state index in [0.29, 0.717) is 5.82 Å². The van der Waals surface area contributed by atoms with Gasteiger partial charge in [0, 0.05) is 0 Å². The summed E-state index contributed by atoms with van der Waals surface area (Å²) in [5, 5.41) is 9.91. The third kappa shape index (κ3) is 3.65. The second-order valence-corrected chi connectivity index (χ2v) is 4.08. The molecule has 0 spiro atoms. The predicted molar refractivity (Wildman–Crippen MR) is 66.7 cm³/mol. The lowest BCUT2D eigenvalue weighted by Gasteiger charge is -2.07. The fraction of sp³-hybridized carbons (Fsp3) is 0.182. The number of ether oxygens (including phenoxy) is 1. The highest BCUT2D eigenvalue weighted by molar-refractivity contribution is 6.32. The Kier molecular flexibility index (Phi) is 3.96. The van der Waals surface area contributed by atoms with Gasteiger partial charge in [-0.1, -0.05) is 11.6 Å². The molecule has 1 aromatic heterocycles. The molecule has 0 atom stereocenters. The number of aromatic nitrogens is 3. The van der Waals surface area contributed by atoms with Gasteiger partial charge in [0.25, 0.3) is 5.91 Å². The quantitative estimate of drug-likeness (QED) is 0.899. The molecule has 1 amide bonds. The van der Waals surface area contributed by atoms with Gasteiger partial charge >= 0.3 is 0 Å². The number of rotatable bonds is 4. The van der Waals surface area contributed by atoms with Crippen molar-refractivity contribution in [3.8, 4) is 5.75 Å². The predicted octanol–water partition coefficient (Wildman–Crippen LogP) is 1.92. The molecule has 2 rings (SSSR count). The summed E-state index contributed by atoms with van der Waals surface area (Å²) in [5.74, 6) is 0.136. The summed E-state index contributed by atoms with van der Waals surface area (Å²) in [6.07, 6.45) is 0. The normalized spacial score (nSPS) is 10.3. The minimum Gasteiger partial charge on any atom is -0.482 e. The van der Waals surface area contributed by atoms with Gasteiger partial charge in [0.15, 0.2) is 6.61 Å². The number of carbonyl (C=O) groups is 1. The maximum atomic E-state index is 12.8. The molecule has 1 aromatic carbocycles. The molecule has 0 aliphatic heterocycles. The van der Waals surface area contributed by atoms with Crippen molar-refractivity contribution in [3.05, 3.63) is 34.9 Å². The van der Waals surface area contributed by atoms with Gasteiger partial charge in [-0.3, -0.25) is 10.1 Å². The lowest BCUT2D eigenvalue weighted by Crippen LogP contribution is -2.21. The summed E-state index contributed by atoms with van der Waals surface area (Å²) in [4.78, 5) is 14.3. The molecule has 8 heteroatoms. The number of nitrogens with one attached hydrogen (secondary N) is 2. The van der Waals surface area contributed by atoms with Gasteiger partial charge in [0.2, 0.25) is 5.95 Å². The van der Waals surface area contributed by atoms with Gasteiger partial charge in [-0.05, 0) is 25.1 Å². The van der Waals surface area contributed by atoms with Crippen LogP contribution in [0.1, 0.15) is 5.82 Å². The van der Waals surface area contributed by atoms with Crippen molar-refractivity contribution >= 4 is 23.5 Å². The number of H-pyrrole nitrogens is 1. The maximum Gasteiger partial charge on any atom is 0.264 e. The molecule has 1 heterocycles. The first-order valence-corrected chi connectivity index (χ1v) is 5.69. The number of aromatic amines is 1. The van der Waals surface area contributed by atoms with E-state index in [-0.39, 0.29) is 23.3 Å². The van der Waals surface area contributed by atoms with E-state index in [4.69, 9.17) is 16.3 Å². The summed E-state index contributed by atoms with van der Waals surface area (Å²) in [5.41, 5.74) is 0. The van der Waals surface area contributed by atoms with Crippen LogP contribution in [0, 0.1) is 12.7 Å². The van der Waals surface area contributed by atoms with E-state index in [2.05, 4.69) is 20.5 Å². The van der Waals surface area contributed by atoms with E-state index in [1.807, 2.05) is 0 Å². The summed E-state index contributed by atoms with van der Waals surface area (Å²) in [6.45, 7) is 1.43. The molecule has 0 radical (unpaired) electrons. The van der Waals surface area contributed by atoms with Crippen molar-refractivity contribution in [2.24, 2.45) is 0 Å². The molecule has 0 saturated heterocycles. The van der Waals surface area contributed by atoms with E-state index >= 15 is 0 Å². The number of halogens is 2. The van der Waals surface area contributed by atoms with Crippen LogP contribution in [0.3, 0.4) is 0 Å². The lowest BCUT2D eigenvalue weighted by atomic mass is 10.3. The molecule has 2 aromatic rings. The zero-order valence-corrected chi connectivity index (χ0v) is 10.7. The minimum atomic E-state index is -0.473. The maximum absolute atomic E-state index is 12.8. The fourth-order valence-electron chi connectivity index (χ4n) is 1.31. The van der Waals surface area contributed by atoms with Crippen LogP contribution in [0.2, 0.25) is 5.02 Å². The van der Waals surface area contributed by atoms with Crippen LogP contribution < -0.4 is 10.1 Å². The highest BCUT2D eigenvalue weighted by atomic mass is 35.5. The molecular formula is C11H10ClFN4O2. The van der Waals surface area contributed by atoms with Crippen molar-refractivity contribution in [3.63, 3.8) is 0 Å². The number of hydrogen-bond donors (Lipinski definition) is 2. The molecule has 0 unspecified atom stereocenters. The Morgan fingerprint density at radius 2 is 2.32 bits per heavy atom. The van der Waals surface area contributed by atoms with Crippen LogP contribution in [0.25, 0.3) is 0 Å². The smallest absolute Gasteiger partial charge is 0.264 e. The average molecular weight is 285 g/mol. The first-order valence-electron chi connectivity index (χ1n) is 5.31. The fourth-order valence-corrected chi connectivity index (χ4v) is 1.53. The Morgan fingerprint density at radius 1 is 1.53 bits per heavy atom. The Hall–Kier alpha value is -2.15. The molecule has 19 heavy (non-hydrogen) atoms. The van der Waals surface area contributed by atoms with Crippen LogP contribution in [0.15, 0.2) is 18.2 Å². The topological polar surface area (TPSA) is 79.9 Å². The van der Waals surface area contributed by atoms with Gasteiger partial charge in [-0.25, -0.2) is 4.39 Å². The largest absolute Gasteiger partial charge is 0.482 e. The summed E-state index contributed by atoms with van der Waals surface area (Å²) in [7, 11) is 0.